The fourth-order valence-corrected chi connectivity index (χ4v) is 2.21. The van der Waals surface area contributed by atoms with E-state index in [0.29, 0.717) is 11.5 Å². The average Bonchev–Trinajstić information content (AvgIpc) is 2.65. The lowest BCUT2D eigenvalue weighted by atomic mass is 10.2. The number of rotatable bonds is 6. The van der Waals surface area contributed by atoms with Gasteiger partial charge < -0.3 is 9.47 Å². The number of amides is 2. The first-order valence-electron chi connectivity index (χ1n) is 8.12. The van der Waals surface area contributed by atoms with E-state index in [2.05, 4.69) is 10.9 Å². The lowest BCUT2D eigenvalue weighted by Crippen LogP contribution is -2.41. The summed E-state index contributed by atoms with van der Waals surface area (Å²) in [7, 11) is 1.42. The van der Waals surface area contributed by atoms with Gasteiger partial charge in [-0.2, -0.15) is 4.39 Å². The van der Waals surface area contributed by atoms with Crippen molar-refractivity contribution in [3.05, 3.63) is 63.5 Å². The highest BCUT2D eigenvalue weighted by Crippen LogP contribution is 2.28. The first-order chi connectivity index (χ1) is 13.2. The molecule has 2 rings (SSSR count). The number of nitro groups is 1. The van der Waals surface area contributed by atoms with E-state index in [9.17, 15) is 24.1 Å². The van der Waals surface area contributed by atoms with Gasteiger partial charge in [-0.25, -0.2) is 0 Å². The minimum absolute atomic E-state index is 0.0902. The van der Waals surface area contributed by atoms with Crippen LogP contribution in [-0.2, 0) is 0 Å². The molecule has 28 heavy (non-hydrogen) atoms. The van der Waals surface area contributed by atoms with Crippen LogP contribution in [0.25, 0.3) is 0 Å². The van der Waals surface area contributed by atoms with Gasteiger partial charge in [-0.05, 0) is 44.2 Å². The minimum Gasteiger partial charge on any atom is -0.493 e. The second kappa shape index (κ2) is 8.80. The Hall–Kier alpha value is -3.69. The zero-order chi connectivity index (χ0) is 20.8. The van der Waals surface area contributed by atoms with E-state index < -0.39 is 28.2 Å². The van der Waals surface area contributed by atoms with Gasteiger partial charge in [0, 0.05) is 17.2 Å². The van der Waals surface area contributed by atoms with Crippen LogP contribution < -0.4 is 20.3 Å². The number of benzene rings is 2. The van der Waals surface area contributed by atoms with Crippen molar-refractivity contribution >= 4 is 17.5 Å². The van der Waals surface area contributed by atoms with E-state index in [-0.39, 0.29) is 17.2 Å². The molecule has 0 aliphatic carbocycles. The number of nitrogens with zero attached hydrogens (tertiary/aromatic N) is 1. The van der Waals surface area contributed by atoms with Crippen molar-refractivity contribution < 1.29 is 28.4 Å². The van der Waals surface area contributed by atoms with Gasteiger partial charge in [-0.1, -0.05) is 0 Å². The monoisotopic (exact) mass is 391 g/mol. The van der Waals surface area contributed by atoms with E-state index >= 15 is 0 Å². The summed E-state index contributed by atoms with van der Waals surface area (Å²) in [5, 5.41) is 10.7. The number of ether oxygens (including phenoxy) is 2. The molecule has 0 aliphatic heterocycles. The smallest absolute Gasteiger partial charge is 0.305 e. The Labute approximate surface area is 159 Å². The molecule has 9 nitrogen and oxygen atoms in total. The molecule has 2 aromatic carbocycles. The summed E-state index contributed by atoms with van der Waals surface area (Å²) >= 11 is 0. The molecule has 0 radical (unpaired) electrons. The maximum absolute atomic E-state index is 13.3. The third-order valence-corrected chi connectivity index (χ3v) is 3.48. The molecule has 148 valence electrons. The van der Waals surface area contributed by atoms with Crippen LogP contribution >= 0.6 is 0 Å². The second-order valence-electron chi connectivity index (χ2n) is 5.86. The van der Waals surface area contributed by atoms with Crippen LogP contribution in [0.4, 0.5) is 10.1 Å². The molecule has 0 atom stereocenters. The highest BCUT2D eigenvalue weighted by Gasteiger charge is 2.18. The molecule has 0 spiro atoms. The largest absolute Gasteiger partial charge is 0.493 e. The Kier molecular flexibility index (Phi) is 6.48. The zero-order valence-corrected chi connectivity index (χ0v) is 15.3. The molecule has 0 bridgehead atoms. The lowest BCUT2D eigenvalue weighted by molar-refractivity contribution is -0.387. The van der Waals surface area contributed by atoms with Crippen LogP contribution in [0.15, 0.2) is 36.4 Å². The standard InChI is InChI=1S/C18H18FN3O6/c1-10(2)28-15-7-5-12(9-16(15)27-3)18(24)21-20-17(23)11-4-6-13(19)14(8-11)22(25)26/h4-10H,1-3H3,(H,20,23)(H,21,24). The van der Waals surface area contributed by atoms with E-state index in [0.717, 1.165) is 18.2 Å². The third-order valence-electron chi connectivity index (χ3n) is 3.48. The van der Waals surface area contributed by atoms with Gasteiger partial charge in [0.25, 0.3) is 11.8 Å². The van der Waals surface area contributed by atoms with E-state index in [1.807, 2.05) is 13.8 Å². The number of hydrazine groups is 1. The van der Waals surface area contributed by atoms with Gasteiger partial charge >= 0.3 is 5.69 Å². The molecule has 0 saturated heterocycles. The van der Waals surface area contributed by atoms with Gasteiger partial charge in [-0.15, -0.1) is 0 Å². The minimum atomic E-state index is -1.07. The highest BCUT2D eigenvalue weighted by molar-refractivity contribution is 5.99. The molecule has 2 N–H and O–H groups in total. The van der Waals surface area contributed by atoms with Crippen molar-refractivity contribution in [3.63, 3.8) is 0 Å². The molecule has 10 heteroatoms. The van der Waals surface area contributed by atoms with Gasteiger partial charge in [0.05, 0.1) is 18.1 Å². The molecule has 0 unspecified atom stereocenters. The summed E-state index contributed by atoms with van der Waals surface area (Å²) in [6, 6.07) is 7.10. The lowest BCUT2D eigenvalue weighted by Gasteiger charge is -2.14. The summed E-state index contributed by atoms with van der Waals surface area (Å²) in [5.74, 6) is -1.78. The number of methoxy groups -OCH3 is 1. The first-order valence-corrected chi connectivity index (χ1v) is 8.12. The van der Waals surface area contributed by atoms with Gasteiger partial charge in [0.1, 0.15) is 0 Å². The van der Waals surface area contributed by atoms with Crippen LogP contribution in [0, 0.1) is 15.9 Å². The van der Waals surface area contributed by atoms with E-state index in [4.69, 9.17) is 9.47 Å². The van der Waals surface area contributed by atoms with Gasteiger partial charge in [0.15, 0.2) is 11.5 Å². The quantitative estimate of drug-likeness (QED) is 0.577. The van der Waals surface area contributed by atoms with Crippen molar-refractivity contribution in [1.82, 2.24) is 10.9 Å². The van der Waals surface area contributed by atoms with Crippen molar-refractivity contribution in [1.29, 1.82) is 0 Å². The highest BCUT2D eigenvalue weighted by atomic mass is 19.1. The topological polar surface area (TPSA) is 120 Å². The molecule has 0 fully saturated rings. The predicted molar refractivity (Wildman–Crippen MR) is 96.7 cm³/mol. The Bertz CT molecular complexity index is 916. The summed E-state index contributed by atoms with van der Waals surface area (Å²) in [4.78, 5) is 34.1. The summed E-state index contributed by atoms with van der Waals surface area (Å²) in [5.41, 5.74) is 3.43. The van der Waals surface area contributed by atoms with Crippen molar-refractivity contribution in [2.75, 3.05) is 7.11 Å². The van der Waals surface area contributed by atoms with Gasteiger partial charge in [-0.3, -0.25) is 30.6 Å². The van der Waals surface area contributed by atoms with Crippen molar-refractivity contribution in [2.45, 2.75) is 20.0 Å². The Morgan fingerprint density at radius 2 is 1.61 bits per heavy atom. The molecule has 0 saturated carbocycles. The number of hydrogen-bond acceptors (Lipinski definition) is 6. The fourth-order valence-electron chi connectivity index (χ4n) is 2.21. The fraction of sp³-hybridized carbons (Fsp3) is 0.222. The number of nitro benzene ring substituents is 1. The van der Waals surface area contributed by atoms with Crippen LogP contribution in [-0.4, -0.2) is 30.0 Å². The predicted octanol–water partition coefficient (Wildman–Crippen LogP) is 2.60. The summed E-state index contributed by atoms with van der Waals surface area (Å²) in [6.45, 7) is 3.69. The summed E-state index contributed by atoms with van der Waals surface area (Å²) in [6.07, 6.45) is -0.0902. The molecular weight excluding hydrogens is 373 g/mol. The number of nitrogens with one attached hydrogen (secondary N) is 2. The van der Waals surface area contributed by atoms with E-state index in [1.54, 1.807) is 6.07 Å². The van der Waals surface area contributed by atoms with Crippen LogP contribution in [0.5, 0.6) is 11.5 Å². The van der Waals surface area contributed by atoms with Gasteiger partial charge in [0.2, 0.25) is 5.82 Å². The van der Waals surface area contributed by atoms with Crippen LogP contribution in [0.2, 0.25) is 0 Å². The Morgan fingerprint density at radius 3 is 2.14 bits per heavy atom. The van der Waals surface area contributed by atoms with Crippen LogP contribution in [0.1, 0.15) is 34.6 Å². The molecule has 0 heterocycles. The average molecular weight is 391 g/mol. The zero-order valence-electron chi connectivity index (χ0n) is 15.3. The van der Waals surface area contributed by atoms with Crippen molar-refractivity contribution in [3.8, 4) is 11.5 Å². The number of halogens is 1. The SMILES string of the molecule is COc1cc(C(=O)NNC(=O)c2ccc(F)c([N+](=O)[O-])c2)ccc1OC(C)C. The molecule has 0 aromatic heterocycles. The van der Waals surface area contributed by atoms with E-state index in [1.165, 1.54) is 19.2 Å². The first kappa shape index (κ1) is 20.6. The molecular formula is C18H18FN3O6. The Balaban J connectivity index is 2.08. The maximum Gasteiger partial charge on any atom is 0.305 e. The second-order valence-corrected chi connectivity index (χ2v) is 5.86. The molecule has 0 aliphatic rings. The normalized spacial score (nSPS) is 10.3. The Morgan fingerprint density at radius 1 is 1.04 bits per heavy atom. The number of carbonyl (C=O) groups excluding carboxylic acids is 2. The number of hydrogen-bond donors (Lipinski definition) is 2. The molecule has 2 amide bonds. The molecule has 2 aromatic rings. The maximum atomic E-state index is 13.3. The van der Waals surface area contributed by atoms with Crippen LogP contribution in [0.3, 0.4) is 0 Å². The van der Waals surface area contributed by atoms with Crippen molar-refractivity contribution in [2.24, 2.45) is 0 Å². The number of carbonyl (C=O) groups is 2. The third kappa shape index (κ3) is 4.93. The summed E-state index contributed by atoms with van der Waals surface area (Å²) < 4.78 is 24.1.